The Hall–Kier alpha value is -0.990. The molecular weight excluding hydrogens is 511 g/mol. The van der Waals surface area contributed by atoms with Crippen LogP contribution in [0.2, 0.25) is 10.0 Å². The molecular formula is C34H48Cl2O2. The summed E-state index contributed by atoms with van der Waals surface area (Å²) in [5.41, 5.74) is 2.73. The first-order chi connectivity index (χ1) is 18.0. The molecule has 0 saturated heterocycles. The van der Waals surface area contributed by atoms with Gasteiger partial charge in [0.2, 0.25) is 0 Å². The van der Waals surface area contributed by atoms with Crippen LogP contribution in [0.3, 0.4) is 0 Å². The van der Waals surface area contributed by atoms with Gasteiger partial charge >= 0.3 is 5.97 Å². The van der Waals surface area contributed by atoms with Crippen LogP contribution < -0.4 is 0 Å². The lowest BCUT2D eigenvalue weighted by Crippen LogP contribution is -2.51. The van der Waals surface area contributed by atoms with Crippen molar-refractivity contribution in [2.45, 2.75) is 111 Å². The zero-order valence-electron chi connectivity index (χ0n) is 24.2. The third-order valence-corrected chi connectivity index (χ3v) is 12.2. The van der Waals surface area contributed by atoms with Crippen molar-refractivity contribution in [1.29, 1.82) is 0 Å². The molecule has 2 nitrogen and oxygen atoms in total. The first kappa shape index (κ1) is 28.5. The molecule has 0 bridgehead atoms. The second-order valence-electron chi connectivity index (χ2n) is 14.2. The van der Waals surface area contributed by atoms with E-state index in [9.17, 15) is 4.79 Å². The number of benzene rings is 1. The van der Waals surface area contributed by atoms with Crippen molar-refractivity contribution in [3.63, 3.8) is 0 Å². The Morgan fingerprint density at radius 2 is 1.82 bits per heavy atom. The maximum atomic E-state index is 12.9. The standard InChI is InChI=1S/C34H48Cl2O2/c1-21(2)7-6-8-22(3)28-13-14-29-26-11-9-23-19-25(38-32(37)27-12-10-24(35)20-31(27)36)15-17-33(23,4)30(26)16-18-34(28,29)5/h9-10,12,20-22,25-26,28-30H,6-8,11,13-19H2,1-5H3/t22-,25+,26-,28+,29-,30-,33-,34+/m0/s1. The lowest BCUT2D eigenvalue weighted by Gasteiger charge is -2.58. The zero-order chi connectivity index (χ0) is 27.2. The molecule has 0 radical (unpaired) electrons. The first-order valence-corrected chi connectivity index (χ1v) is 16.1. The number of allylic oxidation sites excluding steroid dienone is 1. The third kappa shape index (κ3) is 5.23. The minimum atomic E-state index is -0.331. The van der Waals surface area contributed by atoms with Crippen LogP contribution in [0.15, 0.2) is 29.8 Å². The van der Waals surface area contributed by atoms with Crippen LogP contribution in [-0.2, 0) is 4.74 Å². The van der Waals surface area contributed by atoms with Gasteiger partial charge < -0.3 is 4.74 Å². The summed E-state index contributed by atoms with van der Waals surface area (Å²) >= 11 is 12.3. The number of hydrogen-bond acceptors (Lipinski definition) is 2. The van der Waals surface area contributed by atoms with Gasteiger partial charge in [0.05, 0.1) is 10.6 Å². The van der Waals surface area contributed by atoms with Crippen molar-refractivity contribution >= 4 is 29.2 Å². The first-order valence-electron chi connectivity index (χ1n) is 15.4. The fraction of sp³-hybridized carbons (Fsp3) is 0.735. The molecule has 0 heterocycles. The molecule has 0 amide bonds. The van der Waals surface area contributed by atoms with Gasteiger partial charge in [0, 0.05) is 11.4 Å². The fourth-order valence-corrected chi connectivity index (χ4v) is 10.1. The molecule has 8 atom stereocenters. The largest absolute Gasteiger partial charge is 0.458 e. The summed E-state index contributed by atoms with van der Waals surface area (Å²) in [5, 5.41) is 0.886. The molecule has 0 N–H and O–H groups in total. The van der Waals surface area contributed by atoms with Crippen molar-refractivity contribution in [1.82, 2.24) is 0 Å². The van der Waals surface area contributed by atoms with E-state index >= 15 is 0 Å². The van der Waals surface area contributed by atoms with Gasteiger partial charge in [-0.25, -0.2) is 4.79 Å². The number of fused-ring (bicyclic) bond motifs is 5. The maximum Gasteiger partial charge on any atom is 0.339 e. The van der Waals surface area contributed by atoms with Gasteiger partial charge in [0.25, 0.3) is 0 Å². The summed E-state index contributed by atoms with van der Waals surface area (Å²) < 4.78 is 5.99. The predicted molar refractivity (Wildman–Crippen MR) is 159 cm³/mol. The number of ether oxygens (including phenoxy) is 1. The molecule has 4 heteroatoms. The average molecular weight is 560 g/mol. The van der Waals surface area contributed by atoms with E-state index in [0.29, 0.717) is 21.0 Å². The summed E-state index contributed by atoms with van der Waals surface area (Å²) in [7, 11) is 0. The minimum Gasteiger partial charge on any atom is -0.458 e. The summed E-state index contributed by atoms with van der Waals surface area (Å²) in [5.74, 6) is 4.71. The van der Waals surface area contributed by atoms with Crippen LogP contribution in [0.25, 0.3) is 0 Å². The van der Waals surface area contributed by atoms with Gasteiger partial charge in [0.15, 0.2) is 0 Å². The molecule has 1 aromatic rings. The lowest BCUT2D eigenvalue weighted by molar-refractivity contribution is -0.0594. The van der Waals surface area contributed by atoms with E-state index in [1.807, 2.05) is 0 Å². The van der Waals surface area contributed by atoms with Crippen molar-refractivity contribution in [2.75, 3.05) is 0 Å². The van der Waals surface area contributed by atoms with E-state index in [-0.39, 0.29) is 17.5 Å². The summed E-state index contributed by atoms with van der Waals surface area (Å²) in [6.07, 6.45) is 16.4. The molecule has 4 aliphatic rings. The van der Waals surface area contributed by atoms with Gasteiger partial charge in [0.1, 0.15) is 6.10 Å². The molecule has 38 heavy (non-hydrogen) atoms. The third-order valence-electron chi connectivity index (χ3n) is 11.7. The molecule has 0 unspecified atom stereocenters. The Bertz CT molecular complexity index is 1060. The molecule has 4 aliphatic carbocycles. The number of carbonyl (C=O) groups excluding carboxylic acids is 1. The summed E-state index contributed by atoms with van der Waals surface area (Å²) in [4.78, 5) is 12.9. The highest BCUT2D eigenvalue weighted by Crippen LogP contribution is 2.67. The van der Waals surface area contributed by atoms with Crippen LogP contribution in [0.4, 0.5) is 0 Å². The van der Waals surface area contributed by atoms with Gasteiger partial charge in [-0.3, -0.25) is 0 Å². The Morgan fingerprint density at radius 1 is 1.03 bits per heavy atom. The Labute approximate surface area is 241 Å². The van der Waals surface area contributed by atoms with E-state index in [1.54, 1.807) is 23.8 Å². The van der Waals surface area contributed by atoms with Crippen molar-refractivity contribution in [2.24, 2.45) is 46.3 Å². The fourth-order valence-electron chi connectivity index (χ4n) is 9.62. The Morgan fingerprint density at radius 3 is 2.55 bits per heavy atom. The quantitative estimate of drug-likeness (QED) is 0.245. The van der Waals surface area contributed by atoms with Crippen LogP contribution >= 0.6 is 23.2 Å². The summed E-state index contributed by atoms with van der Waals surface area (Å²) in [6, 6.07) is 4.98. The lowest BCUT2D eigenvalue weighted by atomic mass is 9.47. The topological polar surface area (TPSA) is 26.3 Å². The number of esters is 1. The average Bonchev–Trinajstić information content (AvgIpc) is 3.21. The van der Waals surface area contributed by atoms with Crippen molar-refractivity contribution in [3.05, 3.63) is 45.5 Å². The molecule has 0 spiro atoms. The molecule has 0 aliphatic heterocycles. The SMILES string of the molecule is CC(C)CCC[C@H](C)[C@H]1CC[C@H]2[C@@H]3CC=C4C[C@H](OC(=O)c5ccc(Cl)cc5Cl)CC[C@]4(C)[C@H]3CC[C@]12C. The number of carbonyl (C=O) groups is 1. The monoisotopic (exact) mass is 558 g/mol. The number of hydrogen-bond donors (Lipinski definition) is 0. The van der Waals surface area contributed by atoms with Crippen molar-refractivity contribution < 1.29 is 9.53 Å². The van der Waals surface area contributed by atoms with Gasteiger partial charge in [-0.15, -0.1) is 0 Å². The minimum absolute atomic E-state index is 0.0680. The van der Waals surface area contributed by atoms with E-state index in [0.717, 1.165) is 54.8 Å². The molecule has 3 fully saturated rings. The Kier molecular flexibility index (Phi) is 8.35. The van der Waals surface area contributed by atoms with E-state index in [1.165, 1.54) is 51.4 Å². The molecule has 3 saturated carbocycles. The van der Waals surface area contributed by atoms with Gasteiger partial charge in [-0.1, -0.05) is 88.7 Å². The normalized spacial score (nSPS) is 37.2. The van der Waals surface area contributed by atoms with E-state index in [2.05, 4.69) is 40.7 Å². The number of halogens is 2. The van der Waals surface area contributed by atoms with E-state index in [4.69, 9.17) is 27.9 Å². The van der Waals surface area contributed by atoms with Gasteiger partial charge in [-0.05, 0) is 109 Å². The van der Waals surface area contributed by atoms with Crippen molar-refractivity contribution in [3.8, 4) is 0 Å². The molecule has 210 valence electrons. The van der Waals surface area contributed by atoms with Crippen LogP contribution in [0.5, 0.6) is 0 Å². The highest BCUT2D eigenvalue weighted by atomic mass is 35.5. The predicted octanol–water partition coefficient (Wildman–Crippen LogP) is 10.6. The van der Waals surface area contributed by atoms with E-state index < -0.39 is 0 Å². The smallest absolute Gasteiger partial charge is 0.339 e. The van der Waals surface area contributed by atoms with Gasteiger partial charge in [-0.2, -0.15) is 0 Å². The highest BCUT2D eigenvalue weighted by Gasteiger charge is 2.59. The number of rotatable bonds is 7. The van der Waals surface area contributed by atoms with Crippen LogP contribution in [0, 0.1) is 46.3 Å². The maximum absolute atomic E-state index is 12.9. The van der Waals surface area contributed by atoms with Crippen LogP contribution in [0.1, 0.15) is 116 Å². The molecule has 5 rings (SSSR count). The Balaban J connectivity index is 1.25. The van der Waals surface area contributed by atoms with Crippen LogP contribution in [-0.4, -0.2) is 12.1 Å². The summed E-state index contributed by atoms with van der Waals surface area (Å²) in [6.45, 7) is 12.5. The highest BCUT2D eigenvalue weighted by molar-refractivity contribution is 6.36. The second kappa shape index (κ2) is 11.1. The molecule has 0 aromatic heterocycles. The second-order valence-corrected chi connectivity index (χ2v) is 15.0. The zero-order valence-corrected chi connectivity index (χ0v) is 25.7. The molecule has 1 aromatic carbocycles.